The fraction of sp³-hybridized carbons (Fsp3) is 0.900. The first kappa shape index (κ1) is 13.3. The summed E-state index contributed by atoms with van der Waals surface area (Å²) >= 11 is 0. The van der Waals surface area contributed by atoms with Crippen molar-refractivity contribution >= 4 is 5.97 Å². The van der Waals surface area contributed by atoms with E-state index in [9.17, 15) is 18.0 Å². The molecule has 0 radical (unpaired) electrons. The second kappa shape index (κ2) is 4.61. The van der Waals surface area contributed by atoms with Crippen LogP contribution >= 0.6 is 0 Å². The van der Waals surface area contributed by atoms with Crippen molar-refractivity contribution in [2.45, 2.75) is 31.9 Å². The van der Waals surface area contributed by atoms with Gasteiger partial charge in [0.1, 0.15) is 0 Å². The van der Waals surface area contributed by atoms with Crippen LogP contribution in [0.3, 0.4) is 0 Å². The molecule has 1 unspecified atom stereocenters. The van der Waals surface area contributed by atoms with E-state index in [0.717, 1.165) is 7.11 Å². The Kier molecular flexibility index (Phi) is 3.83. The summed E-state index contributed by atoms with van der Waals surface area (Å²) < 4.78 is 43.6. The van der Waals surface area contributed by atoms with Gasteiger partial charge in [0.05, 0.1) is 7.11 Å². The molecular weight excluding hydrogens is 223 g/mol. The normalized spacial score (nSPS) is 21.8. The fourth-order valence-electron chi connectivity index (χ4n) is 2.48. The maximum absolute atomic E-state index is 13.1. The molecule has 0 spiro atoms. The number of rotatable bonds is 3. The van der Waals surface area contributed by atoms with E-state index in [0.29, 0.717) is 25.7 Å². The minimum absolute atomic E-state index is 0.381. The van der Waals surface area contributed by atoms with Crippen LogP contribution in [0.1, 0.15) is 25.7 Å². The van der Waals surface area contributed by atoms with Crippen LogP contribution in [0.2, 0.25) is 0 Å². The number of alkyl halides is 3. The fourth-order valence-corrected chi connectivity index (χ4v) is 2.48. The molecule has 0 aliphatic heterocycles. The van der Waals surface area contributed by atoms with Gasteiger partial charge in [-0.3, -0.25) is 4.79 Å². The first-order valence-corrected chi connectivity index (χ1v) is 5.25. The van der Waals surface area contributed by atoms with Gasteiger partial charge in [-0.25, -0.2) is 0 Å². The third-order valence-corrected chi connectivity index (χ3v) is 3.43. The van der Waals surface area contributed by atoms with E-state index in [4.69, 9.17) is 5.73 Å². The van der Waals surface area contributed by atoms with Gasteiger partial charge in [0.2, 0.25) is 0 Å². The lowest BCUT2D eigenvalue weighted by Gasteiger charge is -2.36. The molecule has 2 N–H and O–H groups in total. The summed E-state index contributed by atoms with van der Waals surface area (Å²) in [5.41, 5.74) is 2.71. The van der Waals surface area contributed by atoms with Gasteiger partial charge < -0.3 is 10.5 Å². The number of hydrogen-bond acceptors (Lipinski definition) is 3. The number of ether oxygens (including phenoxy) is 1. The van der Waals surface area contributed by atoms with Gasteiger partial charge in [0.25, 0.3) is 0 Å². The predicted molar refractivity (Wildman–Crippen MR) is 51.5 cm³/mol. The standard InChI is InChI=1S/C10H16F3NO2/c1-16-8(15)9(6-14,10(11,12)13)7-4-2-3-5-7/h7H,2-6,14H2,1H3. The van der Waals surface area contributed by atoms with Gasteiger partial charge in [-0.05, 0) is 18.8 Å². The number of esters is 1. The predicted octanol–water partition coefficient (Wildman–Crippen LogP) is 1.86. The largest absolute Gasteiger partial charge is 0.468 e. The van der Waals surface area contributed by atoms with Crippen molar-refractivity contribution in [1.82, 2.24) is 0 Å². The zero-order chi connectivity index (χ0) is 12.4. The van der Waals surface area contributed by atoms with Gasteiger partial charge in [-0.1, -0.05) is 12.8 Å². The number of halogens is 3. The van der Waals surface area contributed by atoms with Crippen LogP contribution in [0.5, 0.6) is 0 Å². The Bertz CT molecular complexity index is 261. The highest BCUT2D eigenvalue weighted by Crippen LogP contribution is 2.50. The molecule has 0 bridgehead atoms. The maximum atomic E-state index is 13.1. The van der Waals surface area contributed by atoms with Crippen molar-refractivity contribution in [2.75, 3.05) is 13.7 Å². The Morgan fingerprint density at radius 2 is 1.88 bits per heavy atom. The molecule has 1 fully saturated rings. The summed E-state index contributed by atoms with van der Waals surface area (Å²) in [6, 6.07) is 0. The summed E-state index contributed by atoms with van der Waals surface area (Å²) in [6.07, 6.45) is -2.47. The Morgan fingerprint density at radius 3 is 2.19 bits per heavy atom. The summed E-state index contributed by atoms with van der Waals surface area (Å²) in [7, 11) is 0.966. The zero-order valence-corrected chi connectivity index (χ0v) is 9.14. The third kappa shape index (κ3) is 1.90. The summed E-state index contributed by atoms with van der Waals surface area (Å²) in [5, 5.41) is 0. The maximum Gasteiger partial charge on any atom is 0.406 e. The second-order valence-corrected chi connectivity index (χ2v) is 4.15. The van der Waals surface area contributed by atoms with Crippen molar-refractivity contribution < 1.29 is 22.7 Å². The molecule has 94 valence electrons. The van der Waals surface area contributed by atoms with E-state index in [-0.39, 0.29) is 0 Å². The molecule has 0 amide bonds. The highest BCUT2D eigenvalue weighted by atomic mass is 19.4. The average molecular weight is 239 g/mol. The number of hydrogen-bond donors (Lipinski definition) is 1. The molecule has 1 rings (SSSR count). The van der Waals surface area contributed by atoms with Gasteiger partial charge in [0, 0.05) is 6.54 Å². The quantitative estimate of drug-likeness (QED) is 0.765. The summed E-state index contributed by atoms with van der Waals surface area (Å²) in [5.74, 6) is -2.00. The van der Waals surface area contributed by atoms with E-state index in [2.05, 4.69) is 4.74 Å². The zero-order valence-electron chi connectivity index (χ0n) is 9.14. The number of nitrogens with two attached hydrogens (primary N) is 1. The smallest absolute Gasteiger partial charge is 0.406 e. The van der Waals surface area contributed by atoms with Crippen LogP contribution in [0.4, 0.5) is 13.2 Å². The minimum atomic E-state index is -4.65. The summed E-state index contributed by atoms with van der Waals surface area (Å²) in [6.45, 7) is -0.742. The van der Waals surface area contributed by atoms with E-state index in [1.54, 1.807) is 0 Å². The molecular formula is C10H16F3NO2. The SMILES string of the molecule is COC(=O)C(CN)(C1CCCC1)C(F)(F)F. The molecule has 1 aliphatic carbocycles. The minimum Gasteiger partial charge on any atom is -0.468 e. The Morgan fingerprint density at radius 1 is 1.38 bits per heavy atom. The lowest BCUT2D eigenvalue weighted by atomic mass is 9.73. The van der Waals surface area contributed by atoms with Crippen molar-refractivity contribution in [3.05, 3.63) is 0 Å². The van der Waals surface area contributed by atoms with Crippen LogP contribution in [-0.4, -0.2) is 25.8 Å². The number of carbonyl (C=O) groups excluding carboxylic acids is 1. The molecule has 16 heavy (non-hydrogen) atoms. The van der Waals surface area contributed by atoms with Crippen molar-refractivity contribution in [2.24, 2.45) is 17.1 Å². The molecule has 1 aliphatic rings. The molecule has 0 aromatic heterocycles. The monoisotopic (exact) mass is 239 g/mol. The van der Waals surface area contributed by atoms with E-state index in [1.807, 2.05) is 0 Å². The topological polar surface area (TPSA) is 52.3 Å². The van der Waals surface area contributed by atoms with Crippen LogP contribution < -0.4 is 5.73 Å². The summed E-state index contributed by atoms with van der Waals surface area (Å²) in [4.78, 5) is 11.5. The van der Waals surface area contributed by atoms with Crippen molar-refractivity contribution in [3.63, 3.8) is 0 Å². The van der Waals surface area contributed by atoms with Crippen LogP contribution in [0, 0.1) is 11.3 Å². The molecule has 0 aromatic rings. The van der Waals surface area contributed by atoms with Crippen molar-refractivity contribution in [3.8, 4) is 0 Å². The van der Waals surface area contributed by atoms with Gasteiger partial charge in [-0.2, -0.15) is 13.2 Å². The first-order chi connectivity index (χ1) is 7.40. The lowest BCUT2D eigenvalue weighted by Crippen LogP contribution is -2.55. The molecule has 3 nitrogen and oxygen atoms in total. The van der Waals surface area contributed by atoms with Crippen LogP contribution in [-0.2, 0) is 9.53 Å². The van der Waals surface area contributed by atoms with Gasteiger partial charge >= 0.3 is 12.1 Å². The lowest BCUT2D eigenvalue weighted by molar-refractivity contribution is -0.244. The van der Waals surface area contributed by atoms with E-state index < -0.39 is 30.0 Å². The van der Waals surface area contributed by atoms with Gasteiger partial charge in [-0.15, -0.1) is 0 Å². The Hall–Kier alpha value is -0.780. The number of methoxy groups -OCH3 is 1. The van der Waals surface area contributed by atoms with E-state index in [1.165, 1.54) is 0 Å². The molecule has 0 saturated heterocycles. The van der Waals surface area contributed by atoms with Crippen LogP contribution in [0.25, 0.3) is 0 Å². The third-order valence-electron chi connectivity index (χ3n) is 3.43. The van der Waals surface area contributed by atoms with Crippen LogP contribution in [0.15, 0.2) is 0 Å². The van der Waals surface area contributed by atoms with Crippen molar-refractivity contribution in [1.29, 1.82) is 0 Å². The van der Waals surface area contributed by atoms with Gasteiger partial charge in [0.15, 0.2) is 5.41 Å². The molecule has 0 aromatic carbocycles. The second-order valence-electron chi connectivity index (χ2n) is 4.15. The highest BCUT2D eigenvalue weighted by molar-refractivity contribution is 5.78. The average Bonchev–Trinajstić information content (AvgIpc) is 2.70. The Labute approximate surface area is 92.1 Å². The first-order valence-electron chi connectivity index (χ1n) is 5.25. The highest BCUT2D eigenvalue weighted by Gasteiger charge is 2.64. The molecule has 6 heteroatoms. The molecule has 1 atom stereocenters. The Balaban J connectivity index is 3.11. The molecule has 0 heterocycles. The van der Waals surface area contributed by atoms with E-state index >= 15 is 0 Å². The number of carbonyl (C=O) groups is 1. The molecule has 1 saturated carbocycles.